The van der Waals surface area contributed by atoms with Crippen LogP contribution in [-0.2, 0) is 13.0 Å². The maximum atomic E-state index is 11.3. The molecule has 30 heavy (non-hydrogen) atoms. The lowest BCUT2D eigenvalue weighted by molar-refractivity contribution is 0.111. The first-order valence-corrected chi connectivity index (χ1v) is 10.2. The molecule has 0 bridgehead atoms. The second-order valence-electron chi connectivity index (χ2n) is 6.99. The van der Waals surface area contributed by atoms with Gasteiger partial charge in [-0.05, 0) is 28.3 Å². The number of aldehydes is 1. The van der Waals surface area contributed by atoms with E-state index in [4.69, 9.17) is 11.6 Å². The van der Waals surface area contributed by atoms with Crippen LogP contribution in [0.25, 0.3) is 22.5 Å². The molecule has 0 radical (unpaired) electrons. The van der Waals surface area contributed by atoms with Crippen molar-refractivity contribution in [3.63, 3.8) is 0 Å². The van der Waals surface area contributed by atoms with Crippen molar-refractivity contribution < 1.29 is 4.79 Å². The van der Waals surface area contributed by atoms with Crippen LogP contribution < -0.4 is 0 Å². The van der Waals surface area contributed by atoms with Crippen molar-refractivity contribution in [1.82, 2.24) is 30.2 Å². The third-order valence-corrected chi connectivity index (χ3v) is 5.39. The Morgan fingerprint density at radius 2 is 1.87 bits per heavy atom. The molecule has 4 rings (SSSR count). The average molecular weight is 421 g/mol. The van der Waals surface area contributed by atoms with E-state index in [9.17, 15) is 4.79 Å². The number of carbonyl (C=O) groups excluding carboxylic acids is 1. The molecule has 0 unspecified atom stereocenters. The van der Waals surface area contributed by atoms with E-state index in [0.717, 1.165) is 47.3 Å². The first-order valence-electron chi connectivity index (χ1n) is 9.83. The van der Waals surface area contributed by atoms with E-state index in [0.29, 0.717) is 29.5 Å². The number of imidazole rings is 1. The second-order valence-corrected chi connectivity index (χ2v) is 7.35. The highest BCUT2D eigenvalue weighted by molar-refractivity contribution is 6.31. The van der Waals surface area contributed by atoms with Crippen molar-refractivity contribution in [2.24, 2.45) is 0 Å². The first-order chi connectivity index (χ1) is 14.7. The summed E-state index contributed by atoms with van der Waals surface area (Å²) in [6.07, 6.45) is 3.55. The number of H-pyrrole nitrogens is 1. The zero-order chi connectivity index (χ0) is 20.9. The molecule has 2 aromatic heterocycles. The van der Waals surface area contributed by atoms with Crippen LogP contribution in [0.2, 0.25) is 5.15 Å². The number of aryl methyl sites for hydroxylation is 1. The fraction of sp³-hybridized carbons (Fsp3) is 0.227. The van der Waals surface area contributed by atoms with Crippen LogP contribution in [0.5, 0.6) is 0 Å². The molecule has 2 aromatic carbocycles. The molecule has 0 aliphatic rings. The lowest BCUT2D eigenvalue weighted by atomic mass is 9.98. The Bertz CT molecular complexity index is 1140. The van der Waals surface area contributed by atoms with Gasteiger partial charge in [0.05, 0.1) is 6.54 Å². The second kappa shape index (κ2) is 9.00. The Labute approximate surface area is 179 Å². The average Bonchev–Trinajstić information content (AvgIpc) is 3.42. The minimum Gasteiger partial charge on any atom is -0.314 e. The van der Waals surface area contributed by atoms with E-state index in [1.54, 1.807) is 0 Å². The molecule has 0 fully saturated rings. The van der Waals surface area contributed by atoms with Gasteiger partial charge in [-0.3, -0.25) is 4.79 Å². The highest BCUT2D eigenvalue weighted by Gasteiger charge is 2.15. The SMILES string of the molecule is CCCCc1nc(C=O)c(Cl)n1Cc1ccc(-c2ccccc2-c2nn[nH]n2)cc1. The van der Waals surface area contributed by atoms with Gasteiger partial charge >= 0.3 is 0 Å². The van der Waals surface area contributed by atoms with Crippen LogP contribution in [0, 0.1) is 0 Å². The summed E-state index contributed by atoms with van der Waals surface area (Å²) in [5, 5.41) is 14.7. The molecule has 0 amide bonds. The van der Waals surface area contributed by atoms with Gasteiger partial charge < -0.3 is 4.57 Å². The standard InChI is InChI=1S/C22H21ClN6O/c1-2-3-8-20-24-19(14-30)21(23)29(20)13-15-9-11-16(12-10-15)17-6-4-5-7-18(17)22-25-27-28-26-22/h4-7,9-12,14H,2-3,8,13H2,1H3,(H,25,26,27,28). The molecule has 0 aliphatic carbocycles. The van der Waals surface area contributed by atoms with E-state index in [2.05, 4.69) is 56.8 Å². The van der Waals surface area contributed by atoms with Gasteiger partial charge in [0, 0.05) is 12.0 Å². The number of rotatable bonds is 8. The number of halogens is 1. The third-order valence-electron chi connectivity index (χ3n) is 4.99. The summed E-state index contributed by atoms with van der Waals surface area (Å²) in [6, 6.07) is 16.2. The number of carbonyl (C=O) groups is 1. The van der Waals surface area contributed by atoms with Crippen molar-refractivity contribution >= 4 is 17.9 Å². The maximum Gasteiger partial charge on any atom is 0.205 e. The minimum atomic E-state index is 0.299. The van der Waals surface area contributed by atoms with Crippen molar-refractivity contribution in [2.75, 3.05) is 0 Å². The number of unbranched alkanes of at least 4 members (excludes halogenated alkanes) is 1. The summed E-state index contributed by atoms with van der Waals surface area (Å²) in [7, 11) is 0. The van der Waals surface area contributed by atoms with Crippen molar-refractivity contribution in [1.29, 1.82) is 0 Å². The van der Waals surface area contributed by atoms with E-state index in [1.807, 2.05) is 28.8 Å². The quantitative estimate of drug-likeness (QED) is 0.421. The molecular weight excluding hydrogens is 400 g/mol. The molecule has 7 nitrogen and oxygen atoms in total. The number of nitrogens with one attached hydrogen (secondary N) is 1. The molecule has 4 aromatic rings. The number of hydrogen-bond donors (Lipinski definition) is 1. The highest BCUT2D eigenvalue weighted by Crippen LogP contribution is 2.30. The van der Waals surface area contributed by atoms with Crippen LogP contribution in [0.1, 0.15) is 41.6 Å². The summed E-state index contributed by atoms with van der Waals surface area (Å²) >= 11 is 6.41. The van der Waals surface area contributed by atoms with Gasteiger partial charge in [0.15, 0.2) is 6.29 Å². The van der Waals surface area contributed by atoms with Crippen LogP contribution >= 0.6 is 11.6 Å². The maximum absolute atomic E-state index is 11.3. The largest absolute Gasteiger partial charge is 0.314 e. The molecule has 0 atom stereocenters. The van der Waals surface area contributed by atoms with Crippen LogP contribution in [0.15, 0.2) is 48.5 Å². The monoisotopic (exact) mass is 420 g/mol. The summed E-state index contributed by atoms with van der Waals surface area (Å²) in [6.45, 7) is 2.69. The topological polar surface area (TPSA) is 89.4 Å². The Morgan fingerprint density at radius 1 is 1.10 bits per heavy atom. The van der Waals surface area contributed by atoms with Crippen LogP contribution in [0.3, 0.4) is 0 Å². The van der Waals surface area contributed by atoms with Crippen molar-refractivity contribution in [3.05, 3.63) is 70.8 Å². The zero-order valence-corrected chi connectivity index (χ0v) is 17.3. The Morgan fingerprint density at radius 3 is 2.53 bits per heavy atom. The lowest BCUT2D eigenvalue weighted by Gasteiger charge is -2.11. The van der Waals surface area contributed by atoms with E-state index >= 15 is 0 Å². The molecule has 152 valence electrons. The van der Waals surface area contributed by atoms with Crippen molar-refractivity contribution in [2.45, 2.75) is 32.7 Å². The van der Waals surface area contributed by atoms with Gasteiger partial charge in [-0.2, -0.15) is 5.21 Å². The van der Waals surface area contributed by atoms with Gasteiger partial charge in [-0.1, -0.05) is 73.5 Å². The fourth-order valence-electron chi connectivity index (χ4n) is 3.44. The summed E-state index contributed by atoms with van der Waals surface area (Å²) in [4.78, 5) is 15.7. The van der Waals surface area contributed by atoms with Crippen LogP contribution in [0.4, 0.5) is 0 Å². The summed E-state index contributed by atoms with van der Waals surface area (Å²) in [5.74, 6) is 1.40. The van der Waals surface area contributed by atoms with Gasteiger partial charge in [-0.25, -0.2) is 4.98 Å². The number of hydrogen-bond acceptors (Lipinski definition) is 5. The van der Waals surface area contributed by atoms with E-state index in [-0.39, 0.29) is 0 Å². The number of tetrazole rings is 1. The molecule has 0 aliphatic heterocycles. The normalized spacial score (nSPS) is 11.0. The first kappa shape index (κ1) is 20.0. The third kappa shape index (κ3) is 4.02. The molecule has 1 N–H and O–H groups in total. The molecule has 0 spiro atoms. The zero-order valence-electron chi connectivity index (χ0n) is 16.5. The van der Waals surface area contributed by atoms with Gasteiger partial charge in [0.25, 0.3) is 0 Å². The number of aromatic amines is 1. The van der Waals surface area contributed by atoms with E-state index in [1.165, 1.54) is 0 Å². The van der Waals surface area contributed by atoms with Gasteiger partial charge in [-0.15, -0.1) is 10.2 Å². The summed E-state index contributed by atoms with van der Waals surface area (Å²) in [5.41, 5.74) is 4.36. The van der Waals surface area contributed by atoms with Gasteiger partial charge in [0.1, 0.15) is 16.7 Å². The Kier molecular flexibility index (Phi) is 5.99. The number of nitrogens with zero attached hydrogens (tertiary/aromatic N) is 5. The molecule has 0 saturated carbocycles. The highest BCUT2D eigenvalue weighted by atomic mass is 35.5. The number of aromatic nitrogens is 6. The Balaban J connectivity index is 1.62. The van der Waals surface area contributed by atoms with E-state index < -0.39 is 0 Å². The minimum absolute atomic E-state index is 0.299. The van der Waals surface area contributed by atoms with Crippen molar-refractivity contribution in [3.8, 4) is 22.5 Å². The predicted octanol–water partition coefficient (Wildman–Crippen LogP) is 4.59. The predicted molar refractivity (Wildman–Crippen MR) is 115 cm³/mol. The van der Waals surface area contributed by atoms with Crippen LogP contribution in [-0.4, -0.2) is 36.5 Å². The molecule has 8 heteroatoms. The Hall–Kier alpha value is -3.32. The lowest BCUT2D eigenvalue weighted by Crippen LogP contribution is -2.05. The smallest absolute Gasteiger partial charge is 0.205 e. The fourth-order valence-corrected chi connectivity index (χ4v) is 3.68. The van der Waals surface area contributed by atoms with Gasteiger partial charge in [0.2, 0.25) is 5.82 Å². The molecule has 0 saturated heterocycles. The summed E-state index contributed by atoms with van der Waals surface area (Å²) < 4.78 is 1.92. The molecular formula is C22H21ClN6O. The molecule has 2 heterocycles. The number of benzene rings is 2.